The molecule has 0 amide bonds. The van der Waals surface area contributed by atoms with Gasteiger partial charge in [0, 0.05) is 31.8 Å². The number of allylic oxidation sites excluding steroid dienone is 2. The van der Waals surface area contributed by atoms with Crippen molar-refractivity contribution in [2.75, 3.05) is 33.2 Å². The molecule has 1 aliphatic carbocycles. The molecule has 0 aromatic heterocycles. The molecule has 1 unspecified atom stereocenters. The minimum Gasteiger partial charge on any atom is -0.484 e. The molecule has 5 nitrogen and oxygen atoms in total. The van der Waals surface area contributed by atoms with E-state index < -0.39 is 0 Å². The lowest BCUT2D eigenvalue weighted by Crippen LogP contribution is -2.28. The largest absolute Gasteiger partial charge is 0.484 e. The molecule has 2 aromatic rings. The van der Waals surface area contributed by atoms with Crippen molar-refractivity contribution in [3.8, 4) is 22.9 Å². The van der Waals surface area contributed by atoms with Crippen LogP contribution in [0.1, 0.15) is 24.0 Å². The lowest BCUT2D eigenvalue weighted by molar-refractivity contribution is 0.237. The molecule has 4 rings (SSSR count). The molecule has 2 N–H and O–H groups in total. The van der Waals surface area contributed by atoms with Gasteiger partial charge in [-0.2, -0.15) is 5.26 Å². The van der Waals surface area contributed by atoms with Crippen molar-refractivity contribution < 1.29 is 4.74 Å². The topological polar surface area (TPSA) is 65.5 Å². The smallest absolute Gasteiger partial charge is 0.141 e. The fourth-order valence-corrected chi connectivity index (χ4v) is 4.17. The Bertz CT molecular complexity index is 1000. The minimum atomic E-state index is -0.122. The Morgan fingerprint density at radius 1 is 1.10 bits per heavy atom. The number of likely N-dealkylation sites (N-methyl/N-ethyl adjacent to an activating group) is 1. The van der Waals surface area contributed by atoms with Crippen LogP contribution in [0.25, 0.3) is 11.1 Å². The van der Waals surface area contributed by atoms with Crippen molar-refractivity contribution in [2.45, 2.75) is 25.5 Å². The van der Waals surface area contributed by atoms with Crippen LogP contribution in [0.5, 0.6) is 5.75 Å². The molecule has 160 valence electrons. The van der Waals surface area contributed by atoms with Gasteiger partial charge in [0.2, 0.25) is 0 Å². The van der Waals surface area contributed by atoms with Crippen molar-refractivity contribution in [3.05, 3.63) is 77.5 Å². The number of nitrogens with two attached hydrogens (primary N) is 1. The molecule has 1 atom stereocenters. The third kappa shape index (κ3) is 5.35. The summed E-state index contributed by atoms with van der Waals surface area (Å²) in [6, 6.07) is 16.6. The van der Waals surface area contributed by atoms with Crippen LogP contribution in [-0.4, -0.2) is 49.1 Å². The predicted octanol–water partition coefficient (Wildman–Crippen LogP) is 3.91. The summed E-state index contributed by atoms with van der Waals surface area (Å²) in [7, 11) is 2.18. The Hall–Kier alpha value is -3.07. The molecule has 0 spiro atoms. The first kappa shape index (κ1) is 21.2. The standard InChI is InChI=1S/C26H30N4O/c1-29-13-4-14-30(16-15-29)19-20-7-12-24(22(17-20)18-27)21-8-10-23(11-9-21)31-26-6-3-2-5-25(26)28/h2-3,5,7-12,17,26H,4,6,13-16,19,28H2,1H3. The normalized spacial score (nSPS) is 20.0. The van der Waals surface area contributed by atoms with Gasteiger partial charge in [-0.25, -0.2) is 0 Å². The monoisotopic (exact) mass is 414 g/mol. The zero-order chi connectivity index (χ0) is 21.6. The van der Waals surface area contributed by atoms with Crippen LogP contribution >= 0.6 is 0 Å². The quantitative estimate of drug-likeness (QED) is 0.804. The highest BCUT2D eigenvalue weighted by Gasteiger charge is 2.16. The van der Waals surface area contributed by atoms with E-state index in [9.17, 15) is 5.26 Å². The van der Waals surface area contributed by atoms with Crippen molar-refractivity contribution in [3.63, 3.8) is 0 Å². The molecular formula is C26H30N4O. The van der Waals surface area contributed by atoms with Crippen molar-refractivity contribution in [1.82, 2.24) is 9.80 Å². The summed E-state index contributed by atoms with van der Waals surface area (Å²) < 4.78 is 6.02. The number of nitriles is 1. The van der Waals surface area contributed by atoms with Gasteiger partial charge in [0.15, 0.2) is 0 Å². The summed E-state index contributed by atoms with van der Waals surface area (Å²) in [5.74, 6) is 0.779. The van der Waals surface area contributed by atoms with Gasteiger partial charge in [-0.15, -0.1) is 0 Å². The maximum absolute atomic E-state index is 9.77. The third-order valence-corrected chi connectivity index (χ3v) is 6.01. The maximum Gasteiger partial charge on any atom is 0.141 e. The second kappa shape index (κ2) is 9.82. The molecule has 1 fully saturated rings. The van der Waals surface area contributed by atoms with Gasteiger partial charge in [0.25, 0.3) is 0 Å². The number of benzene rings is 2. The second-order valence-corrected chi connectivity index (χ2v) is 8.39. The molecule has 0 radical (unpaired) electrons. The van der Waals surface area contributed by atoms with Crippen LogP contribution in [-0.2, 0) is 6.54 Å². The summed E-state index contributed by atoms with van der Waals surface area (Å²) >= 11 is 0. The first-order valence-electron chi connectivity index (χ1n) is 11.0. The van der Waals surface area contributed by atoms with E-state index in [1.165, 1.54) is 12.0 Å². The van der Waals surface area contributed by atoms with Gasteiger partial charge in [-0.05, 0) is 67.5 Å². The van der Waals surface area contributed by atoms with Gasteiger partial charge in [0.05, 0.1) is 11.6 Å². The molecule has 2 aliphatic rings. The molecule has 1 aliphatic heterocycles. The molecule has 31 heavy (non-hydrogen) atoms. The summed E-state index contributed by atoms with van der Waals surface area (Å²) in [6.45, 7) is 5.31. The van der Waals surface area contributed by atoms with Gasteiger partial charge in [-0.1, -0.05) is 36.4 Å². The first-order chi connectivity index (χ1) is 15.1. The summed E-state index contributed by atoms with van der Waals surface area (Å²) in [6.07, 6.45) is 7.73. The maximum atomic E-state index is 9.77. The van der Waals surface area contributed by atoms with Crippen LogP contribution in [0.15, 0.2) is 66.4 Å². The molecular weight excluding hydrogens is 384 g/mol. The first-order valence-corrected chi connectivity index (χ1v) is 11.0. The average Bonchev–Trinajstić information content (AvgIpc) is 3.00. The van der Waals surface area contributed by atoms with Crippen molar-refractivity contribution in [2.24, 2.45) is 5.73 Å². The summed E-state index contributed by atoms with van der Waals surface area (Å²) in [5, 5.41) is 9.77. The molecule has 0 saturated carbocycles. The van der Waals surface area contributed by atoms with Gasteiger partial charge in [0.1, 0.15) is 11.9 Å². The number of rotatable bonds is 5. The molecule has 5 heteroatoms. The number of ether oxygens (including phenoxy) is 1. The Labute approximate surface area is 185 Å². The lowest BCUT2D eigenvalue weighted by Gasteiger charge is -2.21. The van der Waals surface area contributed by atoms with Gasteiger partial charge >= 0.3 is 0 Å². The number of hydrogen-bond donors (Lipinski definition) is 1. The Kier molecular flexibility index (Phi) is 6.71. The highest BCUT2D eigenvalue weighted by molar-refractivity contribution is 5.71. The van der Waals surface area contributed by atoms with E-state index in [2.05, 4.69) is 41.1 Å². The predicted molar refractivity (Wildman–Crippen MR) is 124 cm³/mol. The second-order valence-electron chi connectivity index (χ2n) is 8.39. The van der Waals surface area contributed by atoms with Crippen molar-refractivity contribution in [1.29, 1.82) is 5.26 Å². The summed E-state index contributed by atoms with van der Waals surface area (Å²) in [4.78, 5) is 4.86. The van der Waals surface area contributed by atoms with E-state index in [0.29, 0.717) is 5.56 Å². The Morgan fingerprint density at radius 2 is 1.94 bits per heavy atom. The zero-order valence-corrected chi connectivity index (χ0v) is 18.1. The Balaban J connectivity index is 1.46. The van der Waals surface area contributed by atoms with Gasteiger partial charge < -0.3 is 15.4 Å². The van der Waals surface area contributed by atoms with Crippen molar-refractivity contribution >= 4 is 0 Å². The SMILES string of the molecule is CN1CCCN(Cc2ccc(-c3ccc(OC4CC=CC=C4N)cc3)c(C#N)c2)CC1. The minimum absolute atomic E-state index is 0.122. The van der Waals surface area contributed by atoms with Gasteiger partial charge in [-0.3, -0.25) is 4.90 Å². The Morgan fingerprint density at radius 3 is 2.71 bits per heavy atom. The van der Waals surface area contributed by atoms with Crippen LogP contribution in [0.4, 0.5) is 0 Å². The number of hydrogen-bond acceptors (Lipinski definition) is 5. The van der Waals surface area contributed by atoms with Crippen LogP contribution < -0.4 is 10.5 Å². The van der Waals surface area contributed by atoms with E-state index in [-0.39, 0.29) is 6.10 Å². The third-order valence-electron chi connectivity index (χ3n) is 6.01. The molecule has 1 saturated heterocycles. The van der Waals surface area contributed by atoms with E-state index >= 15 is 0 Å². The highest BCUT2D eigenvalue weighted by Crippen LogP contribution is 2.28. The number of nitrogens with zero attached hydrogens (tertiary/aromatic N) is 3. The zero-order valence-electron chi connectivity index (χ0n) is 18.1. The fourth-order valence-electron chi connectivity index (χ4n) is 4.17. The highest BCUT2D eigenvalue weighted by atomic mass is 16.5. The van der Waals surface area contributed by atoms with Crippen LogP contribution in [0.3, 0.4) is 0 Å². The van der Waals surface area contributed by atoms with Crippen LogP contribution in [0, 0.1) is 11.3 Å². The van der Waals surface area contributed by atoms with E-state index in [0.717, 1.165) is 61.7 Å². The fraction of sp³-hybridized carbons (Fsp3) is 0.346. The average molecular weight is 415 g/mol. The van der Waals surface area contributed by atoms with E-state index in [4.69, 9.17) is 10.5 Å². The van der Waals surface area contributed by atoms with E-state index in [1.54, 1.807) is 0 Å². The molecule has 2 aromatic carbocycles. The molecule has 0 bridgehead atoms. The van der Waals surface area contributed by atoms with Crippen LogP contribution in [0.2, 0.25) is 0 Å². The molecule has 1 heterocycles. The lowest BCUT2D eigenvalue weighted by atomic mass is 9.98. The summed E-state index contributed by atoms with van der Waals surface area (Å²) in [5.41, 5.74) is 10.6. The van der Waals surface area contributed by atoms with E-state index in [1.807, 2.05) is 42.5 Å².